The van der Waals surface area contributed by atoms with Gasteiger partial charge in [-0.1, -0.05) is 0 Å². The number of carbonyl (C=O) groups is 1. The Hall–Kier alpha value is -1.76. The SMILES string of the molecule is O=C(NCCn1c(=S)[nH]c2ccc(F)c(F)c21)C1CC1. The van der Waals surface area contributed by atoms with Crippen LogP contribution in [0.25, 0.3) is 11.0 Å². The Morgan fingerprint density at radius 2 is 2.20 bits per heavy atom. The third-order valence-electron chi connectivity index (χ3n) is 3.41. The molecular weight excluding hydrogens is 284 g/mol. The first-order valence-corrected chi connectivity index (χ1v) is 6.83. The number of carbonyl (C=O) groups excluding carboxylic acids is 1. The highest BCUT2D eigenvalue weighted by molar-refractivity contribution is 7.71. The molecule has 0 saturated heterocycles. The van der Waals surface area contributed by atoms with E-state index in [0.29, 0.717) is 23.4 Å². The highest BCUT2D eigenvalue weighted by atomic mass is 32.1. The molecule has 0 spiro atoms. The second-order valence-corrected chi connectivity index (χ2v) is 5.29. The average molecular weight is 297 g/mol. The fraction of sp³-hybridized carbons (Fsp3) is 0.385. The molecule has 7 heteroatoms. The molecule has 20 heavy (non-hydrogen) atoms. The van der Waals surface area contributed by atoms with Crippen molar-refractivity contribution in [2.75, 3.05) is 6.54 Å². The van der Waals surface area contributed by atoms with Crippen molar-refractivity contribution in [1.82, 2.24) is 14.9 Å². The predicted octanol–water partition coefficient (Wildman–Crippen LogP) is 2.50. The van der Waals surface area contributed by atoms with Gasteiger partial charge < -0.3 is 14.9 Å². The van der Waals surface area contributed by atoms with E-state index in [1.807, 2.05) is 0 Å². The molecule has 3 rings (SSSR count). The number of nitrogens with one attached hydrogen (secondary N) is 2. The maximum absolute atomic E-state index is 13.8. The summed E-state index contributed by atoms with van der Waals surface area (Å²) < 4.78 is 28.9. The van der Waals surface area contributed by atoms with Crippen LogP contribution in [0.2, 0.25) is 0 Å². The Kier molecular flexibility index (Phi) is 3.29. The maximum Gasteiger partial charge on any atom is 0.223 e. The van der Waals surface area contributed by atoms with Crippen molar-refractivity contribution in [3.8, 4) is 0 Å². The lowest BCUT2D eigenvalue weighted by molar-refractivity contribution is -0.122. The molecule has 4 nitrogen and oxygen atoms in total. The molecule has 0 unspecified atom stereocenters. The lowest BCUT2D eigenvalue weighted by atomic mass is 10.3. The molecule has 0 atom stereocenters. The molecule has 1 aliphatic rings. The Morgan fingerprint density at radius 3 is 2.90 bits per heavy atom. The fourth-order valence-electron chi connectivity index (χ4n) is 2.18. The van der Waals surface area contributed by atoms with Crippen LogP contribution in [-0.4, -0.2) is 22.0 Å². The first-order chi connectivity index (χ1) is 9.58. The van der Waals surface area contributed by atoms with Crippen molar-refractivity contribution in [3.63, 3.8) is 0 Å². The van der Waals surface area contributed by atoms with E-state index in [9.17, 15) is 13.6 Å². The van der Waals surface area contributed by atoms with Crippen molar-refractivity contribution in [3.05, 3.63) is 28.5 Å². The van der Waals surface area contributed by atoms with Crippen LogP contribution in [-0.2, 0) is 11.3 Å². The predicted molar refractivity (Wildman–Crippen MR) is 72.8 cm³/mol. The molecule has 0 radical (unpaired) electrons. The number of amides is 1. The van der Waals surface area contributed by atoms with Crippen molar-refractivity contribution >= 4 is 29.2 Å². The van der Waals surface area contributed by atoms with Gasteiger partial charge >= 0.3 is 0 Å². The van der Waals surface area contributed by atoms with E-state index in [-0.39, 0.29) is 17.3 Å². The van der Waals surface area contributed by atoms with Crippen LogP contribution in [0.5, 0.6) is 0 Å². The average Bonchev–Trinajstić information content (AvgIpc) is 3.20. The molecule has 0 aliphatic heterocycles. The van der Waals surface area contributed by atoms with Gasteiger partial charge in [-0.3, -0.25) is 4.79 Å². The van der Waals surface area contributed by atoms with Crippen molar-refractivity contribution in [1.29, 1.82) is 0 Å². The lowest BCUT2D eigenvalue weighted by Gasteiger charge is -2.07. The highest BCUT2D eigenvalue weighted by Gasteiger charge is 2.29. The molecule has 106 valence electrons. The van der Waals surface area contributed by atoms with Crippen LogP contribution in [0.1, 0.15) is 12.8 Å². The third kappa shape index (κ3) is 2.33. The van der Waals surface area contributed by atoms with Crippen molar-refractivity contribution < 1.29 is 13.6 Å². The van der Waals surface area contributed by atoms with E-state index in [1.54, 1.807) is 0 Å². The second-order valence-electron chi connectivity index (χ2n) is 4.90. The number of aromatic amines is 1. The van der Waals surface area contributed by atoms with Crippen LogP contribution in [0.4, 0.5) is 8.78 Å². The summed E-state index contributed by atoms with van der Waals surface area (Å²) in [5.41, 5.74) is 0.554. The van der Waals surface area contributed by atoms with Crippen molar-refractivity contribution in [2.24, 2.45) is 5.92 Å². The number of halogens is 2. The van der Waals surface area contributed by atoms with Gasteiger partial charge in [0, 0.05) is 19.0 Å². The Bertz CT molecular complexity index is 733. The Labute approximate surface area is 118 Å². The third-order valence-corrected chi connectivity index (χ3v) is 3.73. The summed E-state index contributed by atoms with van der Waals surface area (Å²) >= 11 is 5.10. The van der Waals surface area contributed by atoms with Gasteiger partial charge in [-0.2, -0.15) is 0 Å². The van der Waals surface area contributed by atoms with E-state index < -0.39 is 11.6 Å². The number of aromatic nitrogens is 2. The standard InChI is InChI=1S/C13H13F2N3OS/c14-8-3-4-9-11(10(8)15)18(13(20)17-9)6-5-16-12(19)7-1-2-7/h3-4,7H,1-2,5-6H2,(H,16,19)(H,17,20). The number of hydrogen-bond acceptors (Lipinski definition) is 2. The summed E-state index contributed by atoms with van der Waals surface area (Å²) in [7, 11) is 0. The summed E-state index contributed by atoms with van der Waals surface area (Å²) in [5, 5.41) is 2.77. The molecule has 2 N–H and O–H groups in total. The minimum Gasteiger partial charge on any atom is -0.354 e. The summed E-state index contributed by atoms with van der Waals surface area (Å²) in [5.74, 6) is -1.70. The van der Waals surface area contributed by atoms with E-state index in [2.05, 4.69) is 10.3 Å². The van der Waals surface area contributed by atoms with Gasteiger partial charge in [0.15, 0.2) is 16.4 Å². The molecule has 0 bridgehead atoms. The van der Waals surface area contributed by atoms with Gasteiger partial charge in [0.05, 0.1) is 5.52 Å². The number of nitrogens with zero attached hydrogens (tertiary/aromatic N) is 1. The Balaban J connectivity index is 1.83. The topological polar surface area (TPSA) is 49.8 Å². The van der Waals surface area contributed by atoms with Crippen LogP contribution >= 0.6 is 12.2 Å². The molecular formula is C13H13F2N3OS. The minimum absolute atomic E-state index is 0.0167. The number of rotatable bonds is 4. The molecule has 1 aromatic heterocycles. The summed E-state index contributed by atoms with van der Waals surface area (Å²) in [6, 6.07) is 2.50. The smallest absolute Gasteiger partial charge is 0.223 e. The van der Waals surface area contributed by atoms with E-state index >= 15 is 0 Å². The molecule has 1 saturated carbocycles. The van der Waals surface area contributed by atoms with Gasteiger partial charge in [0.2, 0.25) is 5.91 Å². The first-order valence-electron chi connectivity index (χ1n) is 6.42. The molecule has 1 fully saturated rings. The molecule has 1 aliphatic carbocycles. The van der Waals surface area contributed by atoms with Gasteiger partial charge in [-0.05, 0) is 37.2 Å². The van der Waals surface area contributed by atoms with E-state index in [1.165, 1.54) is 10.6 Å². The lowest BCUT2D eigenvalue weighted by Crippen LogP contribution is -2.28. The van der Waals surface area contributed by atoms with Crippen LogP contribution < -0.4 is 5.32 Å². The Morgan fingerprint density at radius 1 is 1.45 bits per heavy atom. The second kappa shape index (κ2) is 4.97. The quantitative estimate of drug-likeness (QED) is 0.852. The molecule has 1 heterocycles. The maximum atomic E-state index is 13.8. The monoisotopic (exact) mass is 297 g/mol. The molecule has 1 amide bonds. The summed E-state index contributed by atoms with van der Waals surface area (Å²) in [6.45, 7) is 0.643. The summed E-state index contributed by atoms with van der Waals surface area (Å²) in [4.78, 5) is 14.3. The zero-order valence-corrected chi connectivity index (χ0v) is 11.4. The number of hydrogen-bond donors (Lipinski definition) is 2. The molecule has 1 aromatic carbocycles. The number of benzene rings is 1. The first kappa shape index (κ1) is 13.2. The van der Waals surface area contributed by atoms with E-state index in [0.717, 1.165) is 18.9 Å². The number of imidazole rings is 1. The largest absolute Gasteiger partial charge is 0.354 e. The zero-order chi connectivity index (χ0) is 14.3. The van der Waals surface area contributed by atoms with Gasteiger partial charge in [-0.25, -0.2) is 8.78 Å². The highest BCUT2D eigenvalue weighted by Crippen LogP contribution is 2.28. The van der Waals surface area contributed by atoms with Gasteiger partial charge in [0.1, 0.15) is 5.52 Å². The van der Waals surface area contributed by atoms with E-state index in [4.69, 9.17) is 12.2 Å². The zero-order valence-electron chi connectivity index (χ0n) is 10.6. The number of fused-ring (bicyclic) bond motifs is 1. The minimum atomic E-state index is -0.927. The van der Waals surface area contributed by atoms with Crippen LogP contribution in [0.3, 0.4) is 0 Å². The normalized spacial score (nSPS) is 14.7. The van der Waals surface area contributed by atoms with Gasteiger partial charge in [0.25, 0.3) is 0 Å². The molecule has 2 aromatic rings. The van der Waals surface area contributed by atoms with Crippen LogP contribution in [0.15, 0.2) is 12.1 Å². The number of H-pyrrole nitrogens is 1. The fourth-order valence-corrected chi connectivity index (χ4v) is 2.48. The summed E-state index contributed by atoms with van der Waals surface area (Å²) in [6.07, 6.45) is 1.86. The van der Waals surface area contributed by atoms with Gasteiger partial charge in [-0.15, -0.1) is 0 Å². The van der Waals surface area contributed by atoms with Crippen LogP contribution in [0, 0.1) is 22.3 Å². The van der Waals surface area contributed by atoms with Crippen molar-refractivity contribution in [2.45, 2.75) is 19.4 Å².